The molecule has 430 valence electrons. The number of aliphatic imine (C=N–C) groups is 2. The van der Waals surface area contributed by atoms with Crippen molar-refractivity contribution in [3.63, 3.8) is 0 Å². The Bertz CT molecular complexity index is 3570. The molecule has 0 saturated heterocycles. The minimum Gasteiger partial charge on any atom is -0.370 e. The van der Waals surface area contributed by atoms with Crippen LogP contribution in [-0.4, -0.2) is 67.3 Å². The highest BCUT2D eigenvalue weighted by Crippen LogP contribution is 2.34. The van der Waals surface area contributed by atoms with Crippen molar-refractivity contribution in [3.8, 4) is 33.9 Å². The average molecular weight is 1150 g/mol. The number of nitrogens with one attached hydrogen (secondary N) is 3. The molecule has 4 aromatic heterocycles. The molecule has 21 heteroatoms. The maximum atomic E-state index is 15.1. The van der Waals surface area contributed by atoms with Crippen molar-refractivity contribution in [1.29, 1.82) is 0 Å². The van der Waals surface area contributed by atoms with E-state index in [1.807, 2.05) is 61.5 Å². The van der Waals surface area contributed by atoms with Gasteiger partial charge in [0.05, 0.1) is 39.5 Å². The third-order valence-corrected chi connectivity index (χ3v) is 14.6. The highest BCUT2D eigenvalue weighted by atomic mass is 35.5. The molecule has 0 spiro atoms. The molecule has 0 aliphatic carbocycles. The zero-order chi connectivity index (χ0) is 58.3. The Hall–Kier alpha value is -7.45. The summed E-state index contributed by atoms with van der Waals surface area (Å²) in [6, 6.07) is 25.5. The van der Waals surface area contributed by atoms with E-state index in [0.717, 1.165) is 86.6 Å². The number of benzene rings is 4. The van der Waals surface area contributed by atoms with Gasteiger partial charge in [0.1, 0.15) is 11.3 Å². The predicted octanol–water partition coefficient (Wildman–Crippen LogP) is 11.0. The fourth-order valence-electron chi connectivity index (χ4n) is 9.45. The molecule has 4 aromatic carbocycles. The Morgan fingerprint density at radius 1 is 0.630 bits per heavy atom. The highest BCUT2D eigenvalue weighted by Gasteiger charge is 2.19. The molecular weight excluding hydrogens is 1080 g/mol. The maximum Gasteiger partial charge on any atom is 0.354 e. The Balaban J connectivity index is 0.000000234. The summed E-state index contributed by atoms with van der Waals surface area (Å²) >= 11 is 12.5. The van der Waals surface area contributed by atoms with Crippen LogP contribution < -0.4 is 45.4 Å². The van der Waals surface area contributed by atoms with E-state index in [0.29, 0.717) is 81.4 Å². The molecule has 0 amide bonds. The Morgan fingerprint density at radius 3 is 1.57 bits per heavy atom. The summed E-state index contributed by atoms with van der Waals surface area (Å²) in [5.41, 5.74) is 34.4. The first kappa shape index (κ1) is 61.2. The summed E-state index contributed by atoms with van der Waals surface area (Å²) in [5, 5.41) is 4.85. The molecule has 3 atom stereocenters. The first-order valence-corrected chi connectivity index (χ1v) is 28.1. The number of alkyl halides is 1. The number of unbranched alkanes of at least 4 members (excludes halogenated alkanes) is 1. The monoisotopic (exact) mass is 1150 g/mol. The normalized spacial score (nSPS) is 12.6. The lowest BCUT2D eigenvalue weighted by atomic mass is 9.99. The minimum absolute atomic E-state index is 0.0118. The van der Waals surface area contributed by atoms with Crippen molar-refractivity contribution in [1.82, 2.24) is 34.4 Å². The second-order valence-electron chi connectivity index (χ2n) is 21.0. The van der Waals surface area contributed by atoms with Crippen LogP contribution in [0.2, 0.25) is 10.0 Å². The van der Waals surface area contributed by atoms with Crippen molar-refractivity contribution in [2.45, 2.75) is 104 Å². The van der Waals surface area contributed by atoms with Gasteiger partial charge >= 0.3 is 11.4 Å². The fraction of sp³-hybridized carbons (Fsp3) is 0.367. The summed E-state index contributed by atoms with van der Waals surface area (Å²) in [6.45, 7) is 9.82. The smallest absolute Gasteiger partial charge is 0.354 e. The number of aryl methyl sites for hydroxylation is 2. The van der Waals surface area contributed by atoms with Gasteiger partial charge in [-0.25, -0.2) is 18.4 Å². The van der Waals surface area contributed by atoms with Crippen molar-refractivity contribution >= 4 is 57.2 Å². The number of hydrogen-bond donors (Lipinski definition) is 8. The number of fused-ring (bicyclic) bond motifs is 2. The summed E-state index contributed by atoms with van der Waals surface area (Å²) in [7, 11) is 0. The van der Waals surface area contributed by atoms with Crippen LogP contribution in [0.4, 0.5) is 13.2 Å². The predicted molar refractivity (Wildman–Crippen MR) is 323 cm³/mol. The standard InChI is InChI=1S/C30H36ClF2N7O.C30H37ClFN7O/c1-18(16-32)5-3-6-20-13-24(27(33)25(31)14-20)26-15-22-17-40(30(41)39-28(22)38-26)23-9-7-21(8-10-23)19(2)36-11-4-12-37-29(34)35;1-18(2)6-5-7-19-14-23(27(32)24(31)15-19)26-16-21-17-39(30(40)38-28(21)37-26)22-11-9-20(10-12-22)25(33)8-3-4-13-36-29(34)35/h7-10,13-15,17-19,36H,3-6,11-12,16H2,1-2H3,(H4,34,35,37)(H,38,39,41);9-12,14-18,25H,3-8,13,33H2,1-2H3,(H4,34,35,36)(H,37,38,40)/t18-,19+;25-/m11/s1. The molecule has 0 saturated carbocycles. The Labute approximate surface area is 479 Å². The molecule has 8 aromatic rings. The lowest BCUT2D eigenvalue weighted by Crippen LogP contribution is -2.24. The topological polar surface area (TPSA) is 268 Å². The van der Waals surface area contributed by atoms with Gasteiger partial charge in [-0.2, -0.15) is 9.97 Å². The molecule has 81 heavy (non-hydrogen) atoms. The van der Waals surface area contributed by atoms with E-state index in [1.54, 1.807) is 42.7 Å². The molecule has 0 aliphatic heterocycles. The van der Waals surface area contributed by atoms with Gasteiger partial charge < -0.3 is 44.0 Å². The molecule has 13 N–H and O–H groups in total. The summed E-state index contributed by atoms with van der Waals surface area (Å²) < 4.78 is 45.8. The molecule has 0 radical (unpaired) electrons. The molecule has 0 unspecified atom stereocenters. The number of aromatic amines is 2. The van der Waals surface area contributed by atoms with E-state index in [1.165, 1.54) is 9.13 Å². The largest absolute Gasteiger partial charge is 0.370 e. The number of rotatable bonds is 25. The zero-order valence-corrected chi connectivity index (χ0v) is 47.7. The second-order valence-corrected chi connectivity index (χ2v) is 21.8. The van der Waals surface area contributed by atoms with Gasteiger partial charge in [0.2, 0.25) is 0 Å². The number of aromatic nitrogens is 6. The highest BCUT2D eigenvalue weighted by molar-refractivity contribution is 6.31. The van der Waals surface area contributed by atoms with Crippen molar-refractivity contribution < 1.29 is 13.2 Å². The van der Waals surface area contributed by atoms with Crippen molar-refractivity contribution in [3.05, 3.63) is 162 Å². The third kappa shape index (κ3) is 16.8. The quantitative estimate of drug-likeness (QED) is 0.0152. The molecule has 0 fully saturated rings. The Morgan fingerprint density at radius 2 is 1.10 bits per heavy atom. The zero-order valence-electron chi connectivity index (χ0n) is 46.2. The fourth-order valence-corrected chi connectivity index (χ4v) is 9.93. The van der Waals surface area contributed by atoms with Crippen LogP contribution in [0.5, 0.6) is 0 Å². The molecule has 16 nitrogen and oxygen atoms in total. The van der Waals surface area contributed by atoms with Gasteiger partial charge in [0, 0.05) is 59.5 Å². The van der Waals surface area contributed by atoms with Gasteiger partial charge in [0.15, 0.2) is 23.6 Å². The molecule has 4 heterocycles. The molecule has 8 rings (SSSR count). The van der Waals surface area contributed by atoms with Gasteiger partial charge in [-0.15, -0.1) is 0 Å². The number of guanidine groups is 2. The van der Waals surface area contributed by atoms with E-state index in [2.05, 4.69) is 56.0 Å². The first-order chi connectivity index (χ1) is 38.8. The van der Waals surface area contributed by atoms with Gasteiger partial charge in [0.25, 0.3) is 0 Å². The number of nitrogens with two attached hydrogens (primary N) is 5. The summed E-state index contributed by atoms with van der Waals surface area (Å²) in [4.78, 5) is 48.3. The van der Waals surface area contributed by atoms with Crippen LogP contribution >= 0.6 is 23.2 Å². The van der Waals surface area contributed by atoms with Crippen LogP contribution in [0.25, 0.3) is 56.0 Å². The van der Waals surface area contributed by atoms with E-state index in [9.17, 15) is 14.0 Å². The summed E-state index contributed by atoms with van der Waals surface area (Å²) in [5.74, 6) is -0.281. The summed E-state index contributed by atoms with van der Waals surface area (Å²) in [6.07, 6.45) is 11.8. The van der Waals surface area contributed by atoms with E-state index < -0.39 is 23.0 Å². The van der Waals surface area contributed by atoms with E-state index in [-0.39, 0.29) is 46.6 Å². The van der Waals surface area contributed by atoms with Crippen LogP contribution in [0.3, 0.4) is 0 Å². The SMILES string of the molecule is CC(C)CCCc1cc(Cl)c(F)c(-c2cc3cn(-c4ccc([C@H](N)CCCCN=C(N)N)cc4)c(=O)nc3[nH]2)c1.C[C@@H](CF)CCCc1cc(Cl)c(F)c(-c2cc3cn(-c4ccc([C@H](C)NCCCN=C(N)N)cc4)c(=O)nc3[nH]2)c1. The first-order valence-electron chi connectivity index (χ1n) is 27.4. The number of hydrogen-bond acceptors (Lipinski definition) is 8. The molecule has 0 aliphatic rings. The lowest BCUT2D eigenvalue weighted by Gasteiger charge is -2.15. The van der Waals surface area contributed by atoms with Crippen LogP contribution in [-0.2, 0) is 12.8 Å². The Kier molecular flexibility index (Phi) is 21.8. The van der Waals surface area contributed by atoms with E-state index >= 15 is 8.78 Å². The minimum atomic E-state index is -0.552. The molecule has 0 bridgehead atoms. The van der Waals surface area contributed by atoms with Gasteiger partial charge in [-0.3, -0.25) is 23.5 Å². The lowest BCUT2D eigenvalue weighted by molar-refractivity contribution is 0.360. The maximum absolute atomic E-state index is 15.1. The van der Waals surface area contributed by atoms with Crippen LogP contribution in [0, 0.1) is 23.5 Å². The molecular formula is C60H73Cl2F3N14O2. The van der Waals surface area contributed by atoms with Crippen LogP contribution in [0.1, 0.15) is 113 Å². The van der Waals surface area contributed by atoms with Crippen LogP contribution in [0.15, 0.2) is 117 Å². The van der Waals surface area contributed by atoms with E-state index in [4.69, 9.17) is 51.9 Å². The second kappa shape index (κ2) is 28.8. The van der Waals surface area contributed by atoms with Crippen molar-refractivity contribution in [2.24, 2.45) is 50.5 Å². The third-order valence-electron chi connectivity index (χ3n) is 14.0. The number of H-pyrrole nitrogens is 2. The average Bonchev–Trinajstić information content (AvgIpc) is 4.26. The van der Waals surface area contributed by atoms with Crippen molar-refractivity contribution in [2.75, 3.05) is 26.3 Å². The van der Waals surface area contributed by atoms with Gasteiger partial charge in [-0.05, 0) is 166 Å². The number of halogens is 5. The number of nitrogens with zero attached hydrogens (tertiary/aromatic N) is 6. The van der Waals surface area contributed by atoms with Gasteiger partial charge in [-0.1, -0.05) is 74.7 Å².